The van der Waals surface area contributed by atoms with E-state index in [2.05, 4.69) is 5.32 Å². The highest BCUT2D eigenvalue weighted by Gasteiger charge is 2.16. The maximum Gasteiger partial charge on any atom is 0.149 e. The first-order valence-electron chi connectivity index (χ1n) is 5.51. The second-order valence-electron chi connectivity index (χ2n) is 3.98. The minimum atomic E-state index is -3.02. The Morgan fingerprint density at radius 3 is 2.65 bits per heavy atom. The Hall–Kier alpha value is -1.07. The summed E-state index contributed by atoms with van der Waals surface area (Å²) in [4.78, 5) is 0. The fourth-order valence-electron chi connectivity index (χ4n) is 1.68. The summed E-state index contributed by atoms with van der Waals surface area (Å²) >= 11 is 0. The minimum Gasteiger partial charge on any atom is -0.497 e. The van der Waals surface area contributed by atoms with Gasteiger partial charge in [0.1, 0.15) is 15.6 Å². The number of nitrogens with one attached hydrogen (secondary N) is 1. The fraction of sp³-hybridized carbons (Fsp3) is 0.500. The molecule has 1 rings (SSSR count). The Labute approximate surface area is 103 Å². The van der Waals surface area contributed by atoms with Crippen LogP contribution in [-0.4, -0.2) is 34.1 Å². The van der Waals surface area contributed by atoms with Crippen LogP contribution in [0.3, 0.4) is 0 Å². The van der Waals surface area contributed by atoms with Crippen molar-refractivity contribution in [3.05, 3.63) is 29.8 Å². The summed E-state index contributed by atoms with van der Waals surface area (Å²) in [5, 5.41) is 3.17. The SMILES string of the molecule is CCNC(CS(C)(=O)=O)c1cccc(OC)c1. The molecule has 1 unspecified atom stereocenters. The van der Waals surface area contributed by atoms with E-state index in [0.717, 1.165) is 17.9 Å². The number of hydrogen-bond acceptors (Lipinski definition) is 4. The lowest BCUT2D eigenvalue weighted by atomic mass is 10.1. The predicted molar refractivity (Wildman–Crippen MR) is 69.1 cm³/mol. The number of hydrogen-bond donors (Lipinski definition) is 1. The third-order valence-corrected chi connectivity index (χ3v) is 3.35. The molecule has 0 bridgehead atoms. The first-order chi connectivity index (χ1) is 7.96. The molecule has 0 aromatic heterocycles. The van der Waals surface area contributed by atoms with Gasteiger partial charge in [0, 0.05) is 12.3 Å². The van der Waals surface area contributed by atoms with E-state index in [1.165, 1.54) is 6.26 Å². The highest BCUT2D eigenvalue weighted by atomic mass is 32.2. The molecule has 0 aliphatic carbocycles. The van der Waals surface area contributed by atoms with Gasteiger partial charge in [-0.2, -0.15) is 0 Å². The fourth-order valence-corrected chi connectivity index (χ4v) is 2.60. The molecule has 96 valence electrons. The van der Waals surface area contributed by atoms with Gasteiger partial charge < -0.3 is 10.1 Å². The normalized spacial score (nSPS) is 13.4. The van der Waals surface area contributed by atoms with Gasteiger partial charge in [-0.1, -0.05) is 19.1 Å². The second-order valence-corrected chi connectivity index (χ2v) is 6.16. The average molecular weight is 257 g/mol. The van der Waals surface area contributed by atoms with Crippen molar-refractivity contribution in [2.75, 3.05) is 25.7 Å². The van der Waals surface area contributed by atoms with Crippen molar-refractivity contribution in [2.45, 2.75) is 13.0 Å². The molecule has 1 N–H and O–H groups in total. The first kappa shape index (κ1) is 14.0. The highest BCUT2D eigenvalue weighted by Crippen LogP contribution is 2.20. The van der Waals surface area contributed by atoms with Crippen LogP contribution in [0, 0.1) is 0 Å². The molecule has 4 nitrogen and oxygen atoms in total. The molecule has 0 saturated heterocycles. The molecule has 1 aromatic carbocycles. The smallest absolute Gasteiger partial charge is 0.149 e. The van der Waals surface area contributed by atoms with Gasteiger partial charge in [-0.05, 0) is 24.2 Å². The minimum absolute atomic E-state index is 0.0913. The van der Waals surface area contributed by atoms with Crippen molar-refractivity contribution >= 4 is 9.84 Å². The van der Waals surface area contributed by atoms with E-state index >= 15 is 0 Å². The second kappa shape index (κ2) is 6.02. The van der Waals surface area contributed by atoms with Crippen LogP contribution < -0.4 is 10.1 Å². The molecule has 0 saturated carbocycles. The van der Waals surface area contributed by atoms with Crippen molar-refractivity contribution in [1.82, 2.24) is 5.32 Å². The lowest BCUT2D eigenvalue weighted by Crippen LogP contribution is -2.27. The molecule has 0 fully saturated rings. The molecule has 0 heterocycles. The highest BCUT2D eigenvalue weighted by molar-refractivity contribution is 7.90. The van der Waals surface area contributed by atoms with Crippen LogP contribution in [0.5, 0.6) is 5.75 Å². The van der Waals surface area contributed by atoms with Crippen LogP contribution in [0.4, 0.5) is 0 Å². The van der Waals surface area contributed by atoms with Gasteiger partial charge in [0.2, 0.25) is 0 Å². The molecule has 0 radical (unpaired) electrons. The Balaban J connectivity index is 2.96. The van der Waals surface area contributed by atoms with E-state index in [-0.39, 0.29) is 11.8 Å². The molecule has 17 heavy (non-hydrogen) atoms. The maximum atomic E-state index is 11.4. The number of ether oxygens (including phenoxy) is 1. The average Bonchev–Trinajstić information content (AvgIpc) is 2.27. The van der Waals surface area contributed by atoms with Gasteiger partial charge in [-0.3, -0.25) is 0 Å². The molecule has 1 aromatic rings. The summed E-state index contributed by atoms with van der Waals surface area (Å²) in [6.45, 7) is 2.67. The summed E-state index contributed by atoms with van der Waals surface area (Å²) < 4.78 is 27.9. The molecule has 1 atom stereocenters. The van der Waals surface area contributed by atoms with Crippen molar-refractivity contribution in [2.24, 2.45) is 0 Å². The third kappa shape index (κ3) is 4.75. The van der Waals surface area contributed by atoms with E-state index in [4.69, 9.17) is 4.74 Å². The summed E-state index contributed by atoms with van der Waals surface area (Å²) in [6, 6.07) is 7.28. The van der Waals surface area contributed by atoms with Crippen molar-refractivity contribution < 1.29 is 13.2 Å². The van der Waals surface area contributed by atoms with Crippen LogP contribution >= 0.6 is 0 Å². The summed E-state index contributed by atoms with van der Waals surface area (Å²) in [6.07, 6.45) is 1.25. The zero-order valence-electron chi connectivity index (χ0n) is 10.4. The molecular formula is C12H19NO3S. The van der Waals surface area contributed by atoms with E-state index < -0.39 is 9.84 Å². The standard InChI is InChI=1S/C12H19NO3S/c1-4-13-12(9-17(3,14)15)10-6-5-7-11(8-10)16-2/h5-8,12-13H,4,9H2,1-3H3. The lowest BCUT2D eigenvalue weighted by Gasteiger charge is -2.17. The van der Waals surface area contributed by atoms with E-state index in [1.807, 2.05) is 31.2 Å². The van der Waals surface area contributed by atoms with Crippen molar-refractivity contribution in [1.29, 1.82) is 0 Å². The Bertz CT molecular complexity index is 457. The van der Waals surface area contributed by atoms with E-state index in [1.54, 1.807) is 7.11 Å². The third-order valence-electron chi connectivity index (χ3n) is 2.42. The van der Waals surface area contributed by atoms with Gasteiger partial charge in [-0.25, -0.2) is 8.42 Å². The van der Waals surface area contributed by atoms with Crippen LogP contribution in [0.1, 0.15) is 18.5 Å². The summed E-state index contributed by atoms with van der Waals surface area (Å²) in [7, 11) is -1.42. The first-order valence-corrected chi connectivity index (χ1v) is 7.57. The molecule has 0 amide bonds. The number of benzene rings is 1. The monoisotopic (exact) mass is 257 g/mol. The Morgan fingerprint density at radius 1 is 1.41 bits per heavy atom. The zero-order chi connectivity index (χ0) is 12.9. The molecule has 0 aliphatic heterocycles. The maximum absolute atomic E-state index is 11.4. The van der Waals surface area contributed by atoms with E-state index in [0.29, 0.717) is 0 Å². The van der Waals surface area contributed by atoms with Gasteiger partial charge in [0.15, 0.2) is 0 Å². The van der Waals surface area contributed by atoms with Gasteiger partial charge >= 0.3 is 0 Å². The molecule has 0 aliphatic rings. The van der Waals surface area contributed by atoms with Crippen molar-refractivity contribution in [3.63, 3.8) is 0 Å². The summed E-state index contributed by atoms with van der Waals surface area (Å²) in [5.74, 6) is 0.826. The zero-order valence-corrected chi connectivity index (χ0v) is 11.3. The number of methoxy groups -OCH3 is 1. The van der Waals surface area contributed by atoms with Gasteiger partial charge in [0.25, 0.3) is 0 Å². The molecule has 5 heteroatoms. The number of rotatable bonds is 6. The quantitative estimate of drug-likeness (QED) is 0.836. The van der Waals surface area contributed by atoms with Crippen molar-refractivity contribution in [3.8, 4) is 5.75 Å². The van der Waals surface area contributed by atoms with E-state index in [9.17, 15) is 8.42 Å². The van der Waals surface area contributed by atoms with Gasteiger partial charge in [-0.15, -0.1) is 0 Å². The largest absolute Gasteiger partial charge is 0.497 e. The van der Waals surface area contributed by atoms with Crippen LogP contribution in [-0.2, 0) is 9.84 Å². The van der Waals surface area contributed by atoms with Crippen LogP contribution in [0.2, 0.25) is 0 Å². The Morgan fingerprint density at radius 2 is 2.12 bits per heavy atom. The Kier molecular flexibility index (Phi) is 4.96. The lowest BCUT2D eigenvalue weighted by molar-refractivity contribution is 0.413. The molecular weight excluding hydrogens is 238 g/mol. The molecule has 0 spiro atoms. The number of sulfone groups is 1. The topological polar surface area (TPSA) is 55.4 Å². The predicted octanol–water partition coefficient (Wildman–Crippen LogP) is 1.39. The summed E-state index contributed by atoms with van der Waals surface area (Å²) in [5.41, 5.74) is 0.927. The van der Waals surface area contributed by atoms with Crippen LogP contribution in [0.15, 0.2) is 24.3 Å². The van der Waals surface area contributed by atoms with Gasteiger partial charge in [0.05, 0.1) is 12.9 Å². The van der Waals surface area contributed by atoms with Crippen LogP contribution in [0.25, 0.3) is 0 Å².